The van der Waals surface area contributed by atoms with Gasteiger partial charge in [0, 0.05) is 7.05 Å². The molecule has 0 saturated heterocycles. The molecule has 0 saturated carbocycles. The molecule has 0 spiro atoms. The Hall–Kier alpha value is -1.05. The van der Waals surface area contributed by atoms with Gasteiger partial charge in [0.2, 0.25) is 0 Å². The van der Waals surface area contributed by atoms with E-state index in [-0.39, 0.29) is 6.04 Å². The Kier molecular flexibility index (Phi) is 3.14. The summed E-state index contributed by atoms with van der Waals surface area (Å²) in [5.41, 5.74) is 0.624. The molecule has 0 N–H and O–H groups in total. The Morgan fingerprint density at radius 2 is 2.14 bits per heavy atom. The first kappa shape index (κ1) is 11.0. The fourth-order valence-electron chi connectivity index (χ4n) is 1.20. The highest BCUT2D eigenvalue weighted by atomic mass is 35.5. The smallest absolute Gasteiger partial charge is 0.143 e. The van der Waals surface area contributed by atoms with Crippen LogP contribution in [0.5, 0.6) is 0 Å². The van der Waals surface area contributed by atoms with Crippen molar-refractivity contribution in [3.63, 3.8) is 0 Å². The van der Waals surface area contributed by atoms with Crippen molar-refractivity contribution in [2.24, 2.45) is 7.05 Å². The van der Waals surface area contributed by atoms with Gasteiger partial charge in [-0.2, -0.15) is 5.26 Å². The van der Waals surface area contributed by atoms with Gasteiger partial charge in [0.05, 0.1) is 6.07 Å². The van der Waals surface area contributed by atoms with Crippen LogP contribution in [0.4, 0.5) is 0 Å². The third-order valence-corrected chi connectivity index (χ3v) is 2.62. The second-order valence-corrected chi connectivity index (χ2v) is 3.75. The molecule has 1 aromatic heterocycles. The van der Waals surface area contributed by atoms with Crippen molar-refractivity contribution < 1.29 is 0 Å². The molecule has 0 fully saturated rings. The van der Waals surface area contributed by atoms with Crippen molar-refractivity contribution in [3.8, 4) is 6.07 Å². The largest absolute Gasteiger partial charge is 0.322 e. The zero-order valence-electron chi connectivity index (χ0n) is 8.74. The molecule has 0 aliphatic heterocycles. The zero-order chi connectivity index (χ0) is 10.9. The predicted molar refractivity (Wildman–Crippen MR) is 55.0 cm³/mol. The van der Waals surface area contributed by atoms with Gasteiger partial charge < -0.3 is 4.57 Å². The first-order valence-electron chi connectivity index (χ1n) is 4.23. The minimum absolute atomic E-state index is 0.387. The van der Waals surface area contributed by atoms with Gasteiger partial charge in [-0.3, -0.25) is 4.90 Å². The molecule has 0 bridgehead atoms. The van der Waals surface area contributed by atoms with E-state index in [0.717, 1.165) is 5.82 Å². The molecular weight excluding hydrogens is 200 g/mol. The van der Waals surface area contributed by atoms with Crippen LogP contribution in [0.15, 0.2) is 0 Å². The van der Waals surface area contributed by atoms with E-state index in [1.165, 1.54) is 0 Å². The van der Waals surface area contributed by atoms with E-state index in [1.54, 1.807) is 9.47 Å². The van der Waals surface area contributed by atoms with Crippen LogP contribution >= 0.6 is 11.6 Å². The first-order valence-corrected chi connectivity index (χ1v) is 4.61. The fourth-order valence-corrected chi connectivity index (χ4v) is 1.47. The number of aromatic nitrogens is 2. The van der Waals surface area contributed by atoms with E-state index in [0.29, 0.717) is 10.8 Å². The number of nitriles is 1. The van der Waals surface area contributed by atoms with Crippen molar-refractivity contribution >= 4 is 11.6 Å². The van der Waals surface area contributed by atoms with Crippen molar-refractivity contribution in [3.05, 3.63) is 16.7 Å². The Balaban J connectivity index is 3.19. The first-order chi connectivity index (χ1) is 6.49. The molecule has 0 aromatic carbocycles. The fraction of sp³-hybridized carbons (Fsp3) is 0.556. The number of imidazole rings is 1. The molecule has 1 atom stereocenters. The Morgan fingerprint density at radius 1 is 1.57 bits per heavy atom. The number of nitrogens with zero attached hydrogens (tertiary/aromatic N) is 4. The van der Waals surface area contributed by atoms with E-state index < -0.39 is 0 Å². The van der Waals surface area contributed by atoms with Crippen LogP contribution in [0.2, 0.25) is 5.15 Å². The van der Waals surface area contributed by atoms with Gasteiger partial charge in [0.15, 0.2) is 0 Å². The normalized spacial score (nSPS) is 12.9. The molecule has 1 rings (SSSR count). The van der Waals surface area contributed by atoms with E-state index >= 15 is 0 Å². The van der Waals surface area contributed by atoms with Gasteiger partial charge in [-0.1, -0.05) is 11.6 Å². The van der Waals surface area contributed by atoms with Gasteiger partial charge in [0.25, 0.3) is 0 Å². The average molecular weight is 213 g/mol. The highest BCUT2D eigenvalue weighted by Gasteiger charge is 2.21. The quantitative estimate of drug-likeness (QED) is 0.747. The molecule has 1 aromatic rings. The van der Waals surface area contributed by atoms with E-state index in [2.05, 4.69) is 11.1 Å². The number of halogens is 1. The molecule has 0 amide bonds. The second kappa shape index (κ2) is 3.99. The van der Waals surface area contributed by atoms with Crippen LogP contribution in [0.3, 0.4) is 0 Å². The van der Waals surface area contributed by atoms with E-state index in [9.17, 15) is 0 Å². The zero-order valence-corrected chi connectivity index (χ0v) is 9.50. The van der Waals surface area contributed by atoms with Crippen LogP contribution in [-0.2, 0) is 7.05 Å². The van der Waals surface area contributed by atoms with Crippen LogP contribution < -0.4 is 0 Å². The van der Waals surface area contributed by atoms with Gasteiger partial charge in [-0.25, -0.2) is 4.98 Å². The predicted octanol–water partition coefficient (Wildman–Crippen LogP) is 1.51. The lowest BCUT2D eigenvalue weighted by molar-refractivity contribution is 0.353. The summed E-state index contributed by atoms with van der Waals surface area (Å²) in [5, 5.41) is 9.51. The summed E-state index contributed by atoms with van der Waals surface area (Å²) in [4.78, 5) is 6.05. The molecule has 14 heavy (non-hydrogen) atoms. The van der Waals surface area contributed by atoms with Gasteiger partial charge >= 0.3 is 0 Å². The van der Waals surface area contributed by atoms with E-state index in [4.69, 9.17) is 16.9 Å². The molecule has 76 valence electrons. The summed E-state index contributed by atoms with van der Waals surface area (Å²) in [6.45, 7) is 1.86. The second-order valence-electron chi connectivity index (χ2n) is 3.39. The number of hydrogen-bond acceptors (Lipinski definition) is 3. The third kappa shape index (κ3) is 1.74. The Labute approximate surface area is 88.7 Å². The maximum absolute atomic E-state index is 8.97. The van der Waals surface area contributed by atoms with Gasteiger partial charge in [-0.15, -0.1) is 0 Å². The highest BCUT2D eigenvalue weighted by Crippen LogP contribution is 2.25. The summed E-state index contributed by atoms with van der Waals surface area (Å²) >= 11 is 6.05. The number of aryl methyl sites for hydroxylation is 1. The lowest BCUT2D eigenvalue weighted by Crippen LogP contribution is -2.19. The van der Waals surface area contributed by atoms with Gasteiger partial charge in [-0.05, 0) is 21.0 Å². The monoisotopic (exact) mass is 212 g/mol. The molecule has 5 heteroatoms. The van der Waals surface area contributed by atoms with Crippen LogP contribution in [0.25, 0.3) is 0 Å². The molecule has 0 aliphatic carbocycles. The van der Waals surface area contributed by atoms with Crippen LogP contribution in [-0.4, -0.2) is 28.5 Å². The third-order valence-electron chi connectivity index (χ3n) is 2.17. The molecule has 4 nitrogen and oxygen atoms in total. The van der Waals surface area contributed by atoms with E-state index in [1.807, 2.05) is 28.1 Å². The van der Waals surface area contributed by atoms with Crippen LogP contribution in [0.1, 0.15) is 17.6 Å². The maximum Gasteiger partial charge on any atom is 0.143 e. The van der Waals surface area contributed by atoms with Crippen LogP contribution in [0, 0.1) is 18.3 Å². The Morgan fingerprint density at radius 3 is 2.43 bits per heavy atom. The summed E-state index contributed by atoms with van der Waals surface area (Å²) in [7, 11) is 5.49. The summed E-state index contributed by atoms with van der Waals surface area (Å²) in [6, 6.07) is 1.78. The van der Waals surface area contributed by atoms with Crippen molar-refractivity contribution in [2.45, 2.75) is 13.0 Å². The number of hydrogen-bond donors (Lipinski definition) is 0. The lowest BCUT2D eigenvalue weighted by atomic mass is 10.2. The lowest BCUT2D eigenvalue weighted by Gasteiger charge is -2.14. The maximum atomic E-state index is 8.97. The molecule has 0 radical (unpaired) electrons. The summed E-state index contributed by atoms with van der Waals surface area (Å²) in [5.74, 6) is 0.812. The SMILES string of the molecule is Cc1nc(C(C#N)N(C)C)c(Cl)n1C. The average Bonchev–Trinajstić information content (AvgIpc) is 2.35. The minimum Gasteiger partial charge on any atom is -0.322 e. The van der Waals surface area contributed by atoms with Crippen molar-refractivity contribution in [1.29, 1.82) is 5.26 Å². The summed E-state index contributed by atoms with van der Waals surface area (Å²) in [6.07, 6.45) is 0. The van der Waals surface area contributed by atoms with Gasteiger partial charge in [0.1, 0.15) is 22.7 Å². The molecule has 1 heterocycles. The summed E-state index contributed by atoms with van der Waals surface area (Å²) < 4.78 is 1.77. The number of rotatable bonds is 2. The molecular formula is C9H13ClN4. The highest BCUT2D eigenvalue weighted by molar-refractivity contribution is 6.30. The van der Waals surface area contributed by atoms with Crippen molar-refractivity contribution in [1.82, 2.24) is 14.5 Å². The standard InChI is InChI=1S/C9H13ClN4/c1-6-12-8(9(10)14(6)4)7(5-11)13(2)3/h7H,1-4H3. The molecule has 1 unspecified atom stereocenters. The topological polar surface area (TPSA) is 44.9 Å². The Bertz CT molecular complexity index is 375. The van der Waals surface area contributed by atoms with Crippen molar-refractivity contribution in [2.75, 3.05) is 14.1 Å². The molecule has 0 aliphatic rings. The minimum atomic E-state index is -0.387.